The molecule has 4 N–H and O–H groups in total. The van der Waals surface area contributed by atoms with Crippen molar-refractivity contribution in [2.24, 2.45) is 7.05 Å². The summed E-state index contributed by atoms with van der Waals surface area (Å²) in [6.45, 7) is 6.12. The van der Waals surface area contributed by atoms with Crippen molar-refractivity contribution in [3.8, 4) is 11.3 Å². The van der Waals surface area contributed by atoms with Crippen molar-refractivity contribution in [3.05, 3.63) is 54.0 Å². The third-order valence-electron chi connectivity index (χ3n) is 5.93. The zero-order chi connectivity index (χ0) is 24.2. The molecule has 3 heterocycles. The van der Waals surface area contributed by atoms with Gasteiger partial charge >= 0.3 is 6.03 Å². The molecule has 1 saturated carbocycles. The summed E-state index contributed by atoms with van der Waals surface area (Å²) in [5, 5.41) is 9.72. The van der Waals surface area contributed by atoms with Gasteiger partial charge in [-0.1, -0.05) is 26.8 Å². The van der Waals surface area contributed by atoms with Gasteiger partial charge in [0.05, 0.1) is 11.4 Å². The molecule has 176 valence electrons. The molecule has 2 amide bonds. The SMILES string of the molecule is Cn1nc(C(C)(C)C)cc1NC(=O)Nc1ccc(-c2nc(C3CC3)n3ccnc(N)c23)cc1F. The van der Waals surface area contributed by atoms with Gasteiger partial charge in [-0.25, -0.2) is 19.2 Å². The van der Waals surface area contributed by atoms with Gasteiger partial charge in [-0.3, -0.25) is 14.4 Å². The number of urea groups is 1. The fourth-order valence-electron chi connectivity index (χ4n) is 3.90. The lowest BCUT2D eigenvalue weighted by molar-refractivity contribution is 0.262. The predicted molar refractivity (Wildman–Crippen MR) is 129 cm³/mol. The van der Waals surface area contributed by atoms with Crippen LogP contribution in [0.1, 0.15) is 51.0 Å². The monoisotopic (exact) mass is 462 g/mol. The highest BCUT2D eigenvalue weighted by Gasteiger charge is 2.30. The van der Waals surface area contributed by atoms with Crippen molar-refractivity contribution in [2.75, 3.05) is 16.4 Å². The maximum absolute atomic E-state index is 15.0. The van der Waals surface area contributed by atoms with Crippen LogP contribution >= 0.6 is 0 Å². The van der Waals surface area contributed by atoms with E-state index in [-0.39, 0.29) is 11.1 Å². The highest BCUT2D eigenvalue weighted by Crippen LogP contribution is 2.42. The van der Waals surface area contributed by atoms with Crippen molar-refractivity contribution in [1.29, 1.82) is 0 Å². The average Bonchev–Trinajstić information content (AvgIpc) is 3.43. The number of hydrogen-bond acceptors (Lipinski definition) is 5. The molecule has 0 atom stereocenters. The number of imidazole rings is 1. The minimum absolute atomic E-state index is 0.0523. The number of amides is 2. The number of benzene rings is 1. The van der Waals surface area contributed by atoms with Gasteiger partial charge in [0.1, 0.15) is 34.5 Å². The standard InChI is InChI=1S/C24H27FN8O/c1-24(2,3)17-12-18(32(4)31-17)29-23(34)28-16-8-7-14(11-15(16)25)19-20-21(26)27-9-10-33(20)22(30-19)13-5-6-13/h7-13H,5-6H2,1-4H3,(H2,26,27)(H2,28,29,34). The number of carbonyl (C=O) groups is 1. The summed E-state index contributed by atoms with van der Waals surface area (Å²) >= 11 is 0. The van der Waals surface area contributed by atoms with Crippen molar-refractivity contribution in [1.82, 2.24) is 24.1 Å². The van der Waals surface area contributed by atoms with Gasteiger partial charge in [0.2, 0.25) is 0 Å². The van der Waals surface area contributed by atoms with E-state index in [9.17, 15) is 4.79 Å². The van der Waals surface area contributed by atoms with Crippen LogP contribution in [-0.4, -0.2) is 30.2 Å². The maximum atomic E-state index is 15.0. The Labute approximate surface area is 196 Å². The molecule has 0 radical (unpaired) electrons. The Bertz CT molecular complexity index is 1410. The van der Waals surface area contributed by atoms with E-state index in [0.717, 1.165) is 24.4 Å². The number of anilines is 3. The number of nitrogens with two attached hydrogens (primary N) is 1. The molecule has 34 heavy (non-hydrogen) atoms. The summed E-state index contributed by atoms with van der Waals surface area (Å²) < 4.78 is 18.5. The van der Waals surface area contributed by atoms with Gasteiger partial charge in [-0.05, 0) is 25.0 Å². The molecule has 0 unspecified atom stereocenters. The van der Waals surface area contributed by atoms with Gasteiger partial charge in [-0.2, -0.15) is 5.10 Å². The zero-order valence-electron chi connectivity index (χ0n) is 19.6. The second-order valence-corrected chi connectivity index (χ2v) is 9.69. The van der Waals surface area contributed by atoms with E-state index in [0.29, 0.717) is 34.3 Å². The van der Waals surface area contributed by atoms with E-state index in [1.807, 2.05) is 31.4 Å². The molecule has 0 bridgehead atoms. The normalized spacial score (nSPS) is 13.9. The van der Waals surface area contributed by atoms with Gasteiger partial charge in [0, 0.05) is 42.4 Å². The van der Waals surface area contributed by atoms with E-state index in [1.54, 1.807) is 30.1 Å². The topological polar surface area (TPSA) is 115 Å². The molecule has 0 aliphatic heterocycles. The molecule has 9 nitrogen and oxygen atoms in total. The molecular weight excluding hydrogens is 435 g/mol. The first kappa shape index (κ1) is 21.9. The summed E-state index contributed by atoms with van der Waals surface area (Å²) in [5.74, 6) is 1.56. The third-order valence-corrected chi connectivity index (χ3v) is 5.93. The minimum Gasteiger partial charge on any atom is -0.382 e. The van der Waals surface area contributed by atoms with Crippen molar-refractivity contribution >= 4 is 28.9 Å². The number of carbonyl (C=O) groups excluding carboxylic acids is 1. The van der Waals surface area contributed by atoms with Crippen molar-refractivity contribution in [3.63, 3.8) is 0 Å². The first-order valence-electron chi connectivity index (χ1n) is 11.2. The second kappa shape index (κ2) is 7.82. The van der Waals surface area contributed by atoms with E-state index in [1.165, 1.54) is 12.1 Å². The Kier molecular flexibility index (Phi) is 5.03. The van der Waals surface area contributed by atoms with Crippen LogP contribution in [0, 0.1) is 5.82 Å². The van der Waals surface area contributed by atoms with E-state index in [4.69, 9.17) is 10.7 Å². The number of nitrogen functional groups attached to an aromatic ring is 1. The lowest BCUT2D eigenvalue weighted by atomic mass is 9.92. The molecule has 3 aromatic heterocycles. The Morgan fingerprint density at radius 3 is 2.62 bits per heavy atom. The highest BCUT2D eigenvalue weighted by molar-refractivity contribution is 5.99. The van der Waals surface area contributed by atoms with Crippen LogP contribution in [0.3, 0.4) is 0 Å². The number of nitrogens with one attached hydrogen (secondary N) is 2. The van der Waals surface area contributed by atoms with Gasteiger partial charge < -0.3 is 11.1 Å². The smallest absolute Gasteiger partial charge is 0.324 e. The number of hydrogen-bond donors (Lipinski definition) is 3. The molecule has 1 fully saturated rings. The lowest BCUT2D eigenvalue weighted by Crippen LogP contribution is -2.21. The Morgan fingerprint density at radius 1 is 1.21 bits per heavy atom. The first-order valence-corrected chi connectivity index (χ1v) is 11.2. The Balaban J connectivity index is 1.39. The van der Waals surface area contributed by atoms with Gasteiger partial charge in [-0.15, -0.1) is 0 Å². The van der Waals surface area contributed by atoms with Crippen LogP contribution < -0.4 is 16.4 Å². The van der Waals surface area contributed by atoms with Crippen LogP contribution in [0.4, 0.5) is 26.5 Å². The van der Waals surface area contributed by atoms with E-state index in [2.05, 4.69) is 20.7 Å². The lowest BCUT2D eigenvalue weighted by Gasteiger charge is -2.13. The second-order valence-electron chi connectivity index (χ2n) is 9.69. The van der Waals surface area contributed by atoms with Crippen LogP contribution in [0.2, 0.25) is 0 Å². The molecule has 0 spiro atoms. The first-order chi connectivity index (χ1) is 16.1. The van der Waals surface area contributed by atoms with Crippen LogP contribution in [0.5, 0.6) is 0 Å². The van der Waals surface area contributed by atoms with Crippen LogP contribution in [-0.2, 0) is 12.5 Å². The molecule has 1 aliphatic rings. The summed E-state index contributed by atoms with van der Waals surface area (Å²) in [6.07, 6.45) is 5.61. The average molecular weight is 463 g/mol. The predicted octanol–water partition coefficient (Wildman–Crippen LogP) is 4.67. The Morgan fingerprint density at radius 2 is 1.97 bits per heavy atom. The summed E-state index contributed by atoms with van der Waals surface area (Å²) in [5.41, 5.74) is 8.67. The molecule has 0 saturated heterocycles. The van der Waals surface area contributed by atoms with Crippen molar-refractivity contribution < 1.29 is 9.18 Å². The highest BCUT2D eigenvalue weighted by atomic mass is 19.1. The summed E-state index contributed by atoms with van der Waals surface area (Å²) in [6, 6.07) is 5.82. The fourth-order valence-corrected chi connectivity index (χ4v) is 3.90. The molecular formula is C24H27FN8O. The van der Waals surface area contributed by atoms with Crippen LogP contribution in [0.15, 0.2) is 36.7 Å². The minimum atomic E-state index is -0.579. The van der Waals surface area contributed by atoms with Gasteiger partial charge in [0.15, 0.2) is 0 Å². The number of aromatic nitrogens is 5. The number of halogens is 1. The zero-order valence-corrected chi connectivity index (χ0v) is 19.6. The molecule has 10 heteroatoms. The third kappa shape index (κ3) is 3.95. The Hall–Kier alpha value is -3.95. The number of nitrogens with zero attached hydrogens (tertiary/aromatic N) is 5. The largest absolute Gasteiger partial charge is 0.382 e. The fraction of sp³-hybridized carbons (Fsp3) is 0.333. The van der Waals surface area contributed by atoms with Crippen molar-refractivity contribution in [2.45, 2.75) is 44.9 Å². The van der Waals surface area contributed by atoms with E-state index < -0.39 is 11.8 Å². The van der Waals surface area contributed by atoms with E-state index >= 15 is 4.39 Å². The summed E-state index contributed by atoms with van der Waals surface area (Å²) in [7, 11) is 1.74. The summed E-state index contributed by atoms with van der Waals surface area (Å²) in [4.78, 5) is 21.5. The molecule has 1 aromatic carbocycles. The quantitative estimate of drug-likeness (QED) is 0.408. The number of fused-ring (bicyclic) bond motifs is 1. The van der Waals surface area contributed by atoms with Crippen LogP contribution in [0.25, 0.3) is 16.8 Å². The molecule has 1 aliphatic carbocycles. The maximum Gasteiger partial charge on any atom is 0.324 e. The molecule has 4 aromatic rings. The van der Waals surface area contributed by atoms with Gasteiger partial charge in [0.25, 0.3) is 0 Å². The number of aryl methyl sites for hydroxylation is 1. The number of rotatable bonds is 4. The molecule has 5 rings (SSSR count).